The Morgan fingerprint density at radius 2 is 1.97 bits per heavy atom. The molecule has 10 nitrogen and oxygen atoms in total. The van der Waals surface area contributed by atoms with E-state index >= 15 is 0 Å². The van der Waals surface area contributed by atoms with Crippen LogP contribution in [0.2, 0.25) is 0 Å². The number of aromatic nitrogens is 4. The van der Waals surface area contributed by atoms with Crippen LogP contribution in [0.15, 0.2) is 42.9 Å². The van der Waals surface area contributed by atoms with E-state index in [-0.39, 0.29) is 18.1 Å². The molecular weight excluding hydrogens is 446 g/mol. The first kappa shape index (κ1) is 23.1. The third kappa shape index (κ3) is 5.08. The molecule has 0 aromatic carbocycles. The lowest BCUT2D eigenvalue weighted by molar-refractivity contribution is -0.0862. The molecule has 5 rings (SSSR count). The number of hydrogen-bond donors (Lipinski definition) is 2. The average molecular weight is 476 g/mol. The van der Waals surface area contributed by atoms with Gasteiger partial charge in [-0.2, -0.15) is 4.98 Å². The molecule has 0 bridgehead atoms. The van der Waals surface area contributed by atoms with E-state index in [1.54, 1.807) is 24.5 Å². The van der Waals surface area contributed by atoms with Gasteiger partial charge in [-0.3, -0.25) is 14.8 Å². The van der Waals surface area contributed by atoms with E-state index < -0.39 is 0 Å². The number of rotatable bonds is 7. The fraction of sp³-hybridized carbons (Fsp3) is 0.400. The van der Waals surface area contributed by atoms with Crippen molar-refractivity contribution >= 4 is 17.7 Å². The average Bonchev–Trinajstić information content (AvgIpc) is 2.88. The minimum atomic E-state index is -0.276. The number of carbonyl (C=O) groups is 1. The summed E-state index contributed by atoms with van der Waals surface area (Å²) >= 11 is 0. The van der Waals surface area contributed by atoms with Crippen LogP contribution in [-0.2, 0) is 9.47 Å². The number of aryl methyl sites for hydroxylation is 1. The number of nitrogens with zero attached hydrogens (tertiary/aromatic N) is 5. The van der Waals surface area contributed by atoms with Gasteiger partial charge in [0.1, 0.15) is 11.9 Å². The summed E-state index contributed by atoms with van der Waals surface area (Å²) in [6, 6.07) is 7.31. The molecule has 3 aromatic rings. The number of carbonyl (C=O) groups excluding carboxylic acids is 1. The van der Waals surface area contributed by atoms with Gasteiger partial charge in [-0.15, -0.1) is 0 Å². The number of amides is 1. The highest BCUT2D eigenvalue weighted by molar-refractivity contribution is 5.94. The van der Waals surface area contributed by atoms with Crippen molar-refractivity contribution in [3.05, 3.63) is 59.7 Å². The van der Waals surface area contributed by atoms with Crippen molar-refractivity contribution in [2.24, 2.45) is 0 Å². The summed E-state index contributed by atoms with van der Waals surface area (Å²) in [4.78, 5) is 32.9. The van der Waals surface area contributed by atoms with E-state index in [2.05, 4.69) is 31.6 Å². The monoisotopic (exact) mass is 475 g/mol. The van der Waals surface area contributed by atoms with Gasteiger partial charge < -0.3 is 25.0 Å². The standard InChI is InChI=1S/C25H29N7O3/c1-3-27-25-30-20(13-22(31-25)32-8-10-34-11-9-32)19-12-18(14-28-16(19)2)23-21(15-35-23)29-24(33)17-4-6-26-7-5-17/h4-7,12-14,21,23H,3,8-11,15H2,1-2H3,(H,29,33)(H,27,30,31). The highest BCUT2D eigenvalue weighted by Crippen LogP contribution is 2.34. The summed E-state index contributed by atoms with van der Waals surface area (Å²) in [6.07, 6.45) is 4.74. The lowest BCUT2D eigenvalue weighted by atomic mass is 9.96. The smallest absolute Gasteiger partial charge is 0.251 e. The second-order valence-corrected chi connectivity index (χ2v) is 8.54. The van der Waals surface area contributed by atoms with Crippen molar-refractivity contribution in [1.82, 2.24) is 25.3 Å². The number of nitrogens with one attached hydrogen (secondary N) is 2. The highest BCUT2D eigenvalue weighted by atomic mass is 16.5. The maximum Gasteiger partial charge on any atom is 0.251 e. The minimum Gasteiger partial charge on any atom is -0.378 e. The predicted octanol–water partition coefficient (Wildman–Crippen LogP) is 2.38. The number of pyridine rings is 2. The molecular formula is C25H29N7O3. The Bertz CT molecular complexity index is 1180. The Balaban J connectivity index is 1.41. The molecule has 0 aliphatic carbocycles. The van der Waals surface area contributed by atoms with Crippen molar-refractivity contribution in [1.29, 1.82) is 0 Å². The molecule has 2 N–H and O–H groups in total. The third-order valence-corrected chi connectivity index (χ3v) is 6.17. The first-order chi connectivity index (χ1) is 17.1. The molecule has 2 atom stereocenters. The maximum absolute atomic E-state index is 12.6. The van der Waals surface area contributed by atoms with E-state index in [1.165, 1.54) is 0 Å². The Morgan fingerprint density at radius 3 is 2.69 bits per heavy atom. The van der Waals surface area contributed by atoms with Crippen LogP contribution in [0, 0.1) is 6.92 Å². The lowest BCUT2D eigenvalue weighted by Gasteiger charge is -2.37. The quantitative estimate of drug-likeness (QED) is 0.531. The molecule has 5 heterocycles. The molecule has 10 heteroatoms. The van der Waals surface area contributed by atoms with Gasteiger partial charge in [0.05, 0.1) is 31.6 Å². The molecule has 3 aromatic heterocycles. The molecule has 1 amide bonds. The van der Waals surface area contributed by atoms with Gasteiger partial charge in [0.25, 0.3) is 5.91 Å². The molecule has 182 valence electrons. The van der Waals surface area contributed by atoms with Crippen LogP contribution in [0.1, 0.15) is 34.6 Å². The van der Waals surface area contributed by atoms with E-state index in [1.807, 2.05) is 26.1 Å². The predicted molar refractivity (Wildman–Crippen MR) is 131 cm³/mol. The summed E-state index contributed by atoms with van der Waals surface area (Å²) in [5.74, 6) is 1.30. The second-order valence-electron chi connectivity index (χ2n) is 8.54. The second kappa shape index (κ2) is 10.3. The zero-order valence-corrected chi connectivity index (χ0v) is 19.9. The van der Waals surface area contributed by atoms with Crippen LogP contribution >= 0.6 is 0 Å². The maximum atomic E-state index is 12.6. The van der Waals surface area contributed by atoms with E-state index in [9.17, 15) is 4.79 Å². The topological polar surface area (TPSA) is 114 Å². The third-order valence-electron chi connectivity index (χ3n) is 6.17. The number of hydrogen-bond acceptors (Lipinski definition) is 9. The van der Waals surface area contributed by atoms with Crippen molar-refractivity contribution in [3.63, 3.8) is 0 Å². The van der Waals surface area contributed by atoms with Crippen LogP contribution in [-0.4, -0.2) is 71.3 Å². The fourth-order valence-corrected chi connectivity index (χ4v) is 4.22. The summed E-state index contributed by atoms with van der Waals surface area (Å²) in [5.41, 5.74) is 4.03. The SMILES string of the molecule is CCNc1nc(-c2cc(C3OCC3NC(=O)c3ccncc3)cnc2C)cc(N2CCOCC2)n1. The Morgan fingerprint density at radius 1 is 1.17 bits per heavy atom. The van der Waals surface area contributed by atoms with Gasteiger partial charge in [-0.1, -0.05) is 0 Å². The highest BCUT2D eigenvalue weighted by Gasteiger charge is 2.35. The molecule has 2 aliphatic heterocycles. The van der Waals surface area contributed by atoms with Crippen LogP contribution in [0.3, 0.4) is 0 Å². The minimum absolute atomic E-state index is 0.139. The van der Waals surface area contributed by atoms with E-state index in [0.29, 0.717) is 31.3 Å². The first-order valence-electron chi connectivity index (χ1n) is 11.9. The normalized spacial score (nSPS) is 19.7. The molecule has 35 heavy (non-hydrogen) atoms. The molecule has 2 fully saturated rings. The summed E-state index contributed by atoms with van der Waals surface area (Å²) in [7, 11) is 0. The van der Waals surface area contributed by atoms with Gasteiger partial charge in [0.15, 0.2) is 0 Å². The summed E-state index contributed by atoms with van der Waals surface area (Å²) < 4.78 is 11.3. The van der Waals surface area contributed by atoms with E-state index in [4.69, 9.17) is 19.4 Å². The van der Waals surface area contributed by atoms with Gasteiger partial charge in [0.2, 0.25) is 5.95 Å². The Labute approximate surface area is 204 Å². The van der Waals surface area contributed by atoms with Crippen molar-refractivity contribution in [2.45, 2.75) is 26.0 Å². The molecule has 2 saturated heterocycles. The number of morpholine rings is 1. The molecule has 2 unspecified atom stereocenters. The van der Waals surface area contributed by atoms with Gasteiger partial charge in [-0.05, 0) is 32.0 Å². The lowest BCUT2D eigenvalue weighted by Crippen LogP contribution is -2.50. The Kier molecular flexibility index (Phi) is 6.82. The molecule has 0 saturated carbocycles. The molecule has 0 spiro atoms. The molecule has 2 aliphatic rings. The number of ether oxygens (including phenoxy) is 2. The zero-order valence-electron chi connectivity index (χ0n) is 19.9. The molecule has 0 radical (unpaired) electrons. The van der Waals surface area contributed by atoms with E-state index in [0.717, 1.165) is 48.0 Å². The van der Waals surface area contributed by atoms with Gasteiger partial charge >= 0.3 is 0 Å². The van der Waals surface area contributed by atoms with Crippen molar-refractivity contribution in [3.8, 4) is 11.3 Å². The van der Waals surface area contributed by atoms with Gasteiger partial charge in [-0.25, -0.2) is 4.98 Å². The van der Waals surface area contributed by atoms with Crippen LogP contribution < -0.4 is 15.5 Å². The Hall–Kier alpha value is -3.63. The van der Waals surface area contributed by atoms with Crippen LogP contribution in [0.4, 0.5) is 11.8 Å². The summed E-state index contributed by atoms with van der Waals surface area (Å²) in [5, 5.41) is 6.30. The van der Waals surface area contributed by atoms with Crippen molar-refractivity contribution in [2.75, 3.05) is 49.7 Å². The van der Waals surface area contributed by atoms with Crippen molar-refractivity contribution < 1.29 is 14.3 Å². The number of anilines is 2. The summed E-state index contributed by atoms with van der Waals surface area (Å²) in [6.45, 7) is 8.08. The van der Waals surface area contributed by atoms with Gasteiger partial charge in [0, 0.05) is 66.7 Å². The zero-order chi connectivity index (χ0) is 24.2. The largest absolute Gasteiger partial charge is 0.378 e. The first-order valence-corrected chi connectivity index (χ1v) is 11.9. The van der Waals surface area contributed by atoms with Crippen LogP contribution in [0.5, 0.6) is 0 Å². The van der Waals surface area contributed by atoms with Crippen LogP contribution in [0.25, 0.3) is 11.3 Å². The fourth-order valence-electron chi connectivity index (χ4n) is 4.22.